The number of aliphatic hydroxyl groups is 1. The van der Waals surface area contributed by atoms with E-state index < -0.39 is 0 Å². The van der Waals surface area contributed by atoms with Crippen molar-refractivity contribution >= 4 is 17.3 Å². The molecular formula is C19H19NO5. The van der Waals surface area contributed by atoms with Crippen molar-refractivity contribution in [2.75, 3.05) is 32.7 Å². The SMILES string of the molecule is COc1cccc2c1C(=O)c1c(cc(NCCO)c(C)c1OC)C2=O. The van der Waals surface area contributed by atoms with E-state index in [1.54, 1.807) is 31.2 Å². The second kappa shape index (κ2) is 6.57. The molecule has 0 atom stereocenters. The van der Waals surface area contributed by atoms with Crippen LogP contribution in [-0.2, 0) is 0 Å². The molecule has 0 aliphatic heterocycles. The molecule has 130 valence electrons. The van der Waals surface area contributed by atoms with Crippen LogP contribution in [0.3, 0.4) is 0 Å². The Labute approximate surface area is 145 Å². The molecule has 0 heterocycles. The molecule has 1 aliphatic rings. The van der Waals surface area contributed by atoms with E-state index in [0.29, 0.717) is 34.9 Å². The fourth-order valence-corrected chi connectivity index (χ4v) is 3.19. The number of rotatable bonds is 5. The molecule has 0 fully saturated rings. The van der Waals surface area contributed by atoms with Crippen molar-refractivity contribution in [3.05, 3.63) is 52.1 Å². The van der Waals surface area contributed by atoms with Gasteiger partial charge in [-0.05, 0) is 19.1 Å². The minimum atomic E-state index is -0.296. The van der Waals surface area contributed by atoms with Gasteiger partial charge < -0.3 is 19.9 Å². The third-order valence-corrected chi connectivity index (χ3v) is 4.35. The highest BCUT2D eigenvalue weighted by Crippen LogP contribution is 2.41. The van der Waals surface area contributed by atoms with Gasteiger partial charge in [-0.15, -0.1) is 0 Å². The van der Waals surface area contributed by atoms with Crippen LogP contribution >= 0.6 is 0 Å². The van der Waals surface area contributed by atoms with Crippen molar-refractivity contribution < 1.29 is 24.2 Å². The molecule has 0 radical (unpaired) electrons. The van der Waals surface area contributed by atoms with Crippen LogP contribution in [0.5, 0.6) is 11.5 Å². The van der Waals surface area contributed by atoms with Gasteiger partial charge in [-0.25, -0.2) is 0 Å². The van der Waals surface area contributed by atoms with Gasteiger partial charge in [0.15, 0.2) is 5.78 Å². The van der Waals surface area contributed by atoms with Gasteiger partial charge in [-0.3, -0.25) is 9.59 Å². The highest BCUT2D eigenvalue weighted by Gasteiger charge is 2.36. The number of hydrogen-bond donors (Lipinski definition) is 2. The van der Waals surface area contributed by atoms with E-state index in [-0.39, 0.29) is 34.9 Å². The van der Waals surface area contributed by atoms with Gasteiger partial charge in [0.2, 0.25) is 5.78 Å². The van der Waals surface area contributed by atoms with E-state index >= 15 is 0 Å². The smallest absolute Gasteiger partial charge is 0.201 e. The van der Waals surface area contributed by atoms with E-state index in [0.717, 1.165) is 0 Å². The van der Waals surface area contributed by atoms with Gasteiger partial charge in [-0.2, -0.15) is 0 Å². The normalized spacial score (nSPS) is 12.5. The van der Waals surface area contributed by atoms with Crippen molar-refractivity contribution in [2.24, 2.45) is 0 Å². The second-order valence-electron chi connectivity index (χ2n) is 5.70. The molecule has 1 aliphatic carbocycles. The average molecular weight is 341 g/mol. The summed E-state index contributed by atoms with van der Waals surface area (Å²) in [5.41, 5.74) is 2.46. The van der Waals surface area contributed by atoms with Crippen LogP contribution in [0.1, 0.15) is 37.4 Å². The lowest BCUT2D eigenvalue weighted by molar-refractivity contribution is 0.0974. The molecule has 2 aromatic carbocycles. The fourth-order valence-electron chi connectivity index (χ4n) is 3.19. The summed E-state index contributed by atoms with van der Waals surface area (Å²) < 4.78 is 10.7. The quantitative estimate of drug-likeness (QED) is 0.740. The number of carbonyl (C=O) groups excluding carboxylic acids is 2. The lowest BCUT2D eigenvalue weighted by Crippen LogP contribution is -2.23. The van der Waals surface area contributed by atoms with Crippen LogP contribution < -0.4 is 14.8 Å². The number of ketones is 2. The first-order chi connectivity index (χ1) is 12.0. The van der Waals surface area contributed by atoms with Gasteiger partial charge >= 0.3 is 0 Å². The van der Waals surface area contributed by atoms with Crippen LogP contribution in [-0.4, -0.2) is 44.0 Å². The van der Waals surface area contributed by atoms with E-state index in [1.165, 1.54) is 14.2 Å². The maximum Gasteiger partial charge on any atom is 0.201 e. The molecule has 0 saturated heterocycles. The van der Waals surface area contributed by atoms with Crippen LogP contribution in [0, 0.1) is 6.92 Å². The maximum absolute atomic E-state index is 13.1. The molecule has 0 bridgehead atoms. The van der Waals surface area contributed by atoms with Crippen LogP contribution in [0.25, 0.3) is 0 Å². The van der Waals surface area contributed by atoms with Crippen molar-refractivity contribution in [3.63, 3.8) is 0 Å². The minimum Gasteiger partial charge on any atom is -0.496 e. The standard InChI is InChI=1S/C19H19NO5/c1-10-13(20-7-8-21)9-12-16(19(10)25-3)18(23)15-11(17(12)22)5-4-6-14(15)24-2/h4-6,9,20-21H,7-8H2,1-3H3. The summed E-state index contributed by atoms with van der Waals surface area (Å²) in [7, 11) is 2.93. The molecule has 3 rings (SSSR count). The Kier molecular flexibility index (Phi) is 4.46. The van der Waals surface area contributed by atoms with Crippen molar-refractivity contribution in [2.45, 2.75) is 6.92 Å². The monoisotopic (exact) mass is 341 g/mol. The minimum absolute atomic E-state index is 0.0499. The number of aliphatic hydroxyl groups excluding tert-OH is 1. The summed E-state index contributed by atoms with van der Waals surface area (Å²) in [4.78, 5) is 26.1. The summed E-state index contributed by atoms with van der Waals surface area (Å²) in [6.07, 6.45) is 0. The first kappa shape index (κ1) is 17.0. The van der Waals surface area contributed by atoms with Gasteiger partial charge in [0, 0.05) is 28.9 Å². The lowest BCUT2D eigenvalue weighted by Gasteiger charge is -2.24. The van der Waals surface area contributed by atoms with Crippen LogP contribution in [0.2, 0.25) is 0 Å². The highest BCUT2D eigenvalue weighted by atomic mass is 16.5. The number of nitrogens with one attached hydrogen (secondary N) is 1. The summed E-state index contributed by atoms with van der Waals surface area (Å²) in [5, 5.41) is 12.1. The first-order valence-electron chi connectivity index (χ1n) is 7.87. The summed E-state index contributed by atoms with van der Waals surface area (Å²) >= 11 is 0. The number of hydrogen-bond acceptors (Lipinski definition) is 6. The molecular weight excluding hydrogens is 322 g/mol. The summed E-state index contributed by atoms with van der Waals surface area (Å²) in [5.74, 6) is 0.168. The van der Waals surface area contributed by atoms with Gasteiger partial charge in [0.25, 0.3) is 0 Å². The number of fused-ring (bicyclic) bond motifs is 2. The molecule has 2 N–H and O–H groups in total. The number of ether oxygens (including phenoxy) is 2. The van der Waals surface area contributed by atoms with Crippen molar-refractivity contribution in [3.8, 4) is 11.5 Å². The Morgan fingerprint density at radius 3 is 2.44 bits per heavy atom. The zero-order valence-corrected chi connectivity index (χ0v) is 14.3. The van der Waals surface area contributed by atoms with Gasteiger partial charge in [0.05, 0.1) is 32.0 Å². The Balaban J connectivity index is 2.28. The zero-order chi connectivity index (χ0) is 18.1. The fraction of sp³-hybridized carbons (Fsp3) is 0.263. The molecule has 0 aromatic heterocycles. The zero-order valence-electron chi connectivity index (χ0n) is 14.3. The second-order valence-corrected chi connectivity index (χ2v) is 5.70. The van der Waals surface area contributed by atoms with E-state index in [2.05, 4.69) is 5.32 Å². The number of benzene rings is 2. The Hall–Kier alpha value is -2.86. The molecule has 6 nitrogen and oxygen atoms in total. The molecule has 2 aromatic rings. The Morgan fingerprint density at radius 1 is 1.04 bits per heavy atom. The lowest BCUT2D eigenvalue weighted by atomic mass is 9.81. The molecule has 0 spiro atoms. The third-order valence-electron chi connectivity index (χ3n) is 4.35. The maximum atomic E-state index is 13.1. The Morgan fingerprint density at radius 2 is 1.80 bits per heavy atom. The van der Waals surface area contributed by atoms with E-state index in [4.69, 9.17) is 14.6 Å². The first-order valence-corrected chi connectivity index (χ1v) is 7.87. The largest absolute Gasteiger partial charge is 0.496 e. The van der Waals surface area contributed by atoms with E-state index in [9.17, 15) is 9.59 Å². The predicted octanol–water partition coefficient (Wildman–Crippen LogP) is 2.19. The third kappa shape index (κ3) is 2.55. The number of methoxy groups -OCH3 is 2. The molecule has 0 unspecified atom stereocenters. The molecule has 6 heteroatoms. The topological polar surface area (TPSA) is 84.9 Å². The Bertz CT molecular complexity index is 873. The predicted molar refractivity (Wildman–Crippen MR) is 93.2 cm³/mol. The molecule has 0 amide bonds. The van der Waals surface area contributed by atoms with Gasteiger partial charge in [-0.1, -0.05) is 12.1 Å². The number of carbonyl (C=O) groups is 2. The van der Waals surface area contributed by atoms with Crippen molar-refractivity contribution in [1.82, 2.24) is 0 Å². The molecule has 25 heavy (non-hydrogen) atoms. The molecule has 0 saturated carbocycles. The number of anilines is 1. The highest BCUT2D eigenvalue weighted by molar-refractivity contribution is 6.30. The van der Waals surface area contributed by atoms with Gasteiger partial charge in [0.1, 0.15) is 11.5 Å². The van der Waals surface area contributed by atoms with Crippen LogP contribution in [0.4, 0.5) is 5.69 Å². The van der Waals surface area contributed by atoms with E-state index in [1.807, 2.05) is 0 Å². The summed E-state index contributed by atoms with van der Waals surface area (Å²) in [6, 6.07) is 6.61. The average Bonchev–Trinajstić information content (AvgIpc) is 2.63. The summed E-state index contributed by atoms with van der Waals surface area (Å²) in [6.45, 7) is 2.08. The van der Waals surface area contributed by atoms with Crippen LogP contribution in [0.15, 0.2) is 24.3 Å². The van der Waals surface area contributed by atoms with Crippen molar-refractivity contribution in [1.29, 1.82) is 0 Å².